The molecule has 0 spiro atoms. The molecule has 1 aliphatic heterocycles. The van der Waals surface area contributed by atoms with Crippen LogP contribution >= 0.6 is 0 Å². The highest BCUT2D eigenvalue weighted by Gasteiger charge is 2.46. The molecule has 1 fully saturated rings. The Kier molecular flexibility index (Phi) is 9.01. The van der Waals surface area contributed by atoms with Gasteiger partial charge in [-0.25, -0.2) is 0 Å². The van der Waals surface area contributed by atoms with Crippen LogP contribution in [0.25, 0.3) is 0 Å². The third-order valence-electron chi connectivity index (χ3n) is 9.04. The first-order chi connectivity index (χ1) is 20.2. The molecule has 2 aliphatic rings. The number of likely N-dealkylation sites (N-methyl/N-ethyl adjacent to an activating group) is 1. The number of hydrogen-bond acceptors (Lipinski definition) is 7. The molecule has 1 saturated heterocycles. The summed E-state index contributed by atoms with van der Waals surface area (Å²) < 4.78 is 0. The van der Waals surface area contributed by atoms with E-state index in [1.54, 1.807) is 0 Å². The van der Waals surface area contributed by atoms with E-state index in [4.69, 9.17) is 5.73 Å². The fourth-order valence-electron chi connectivity index (χ4n) is 6.73. The van der Waals surface area contributed by atoms with Crippen molar-refractivity contribution in [2.75, 3.05) is 33.7 Å². The van der Waals surface area contributed by atoms with E-state index in [9.17, 15) is 9.90 Å². The molecule has 3 unspecified atom stereocenters. The van der Waals surface area contributed by atoms with Crippen LogP contribution in [0, 0.1) is 5.92 Å². The number of carbonyl (C=O) groups excluding carboxylic acids is 1. The first kappa shape index (κ1) is 29.8. The van der Waals surface area contributed by atoms with Gasteiger partial charge in [0.25, 0.3) is 0 Å². The lowest BCUT2D eigenvalue weighted by Gasteiger charge is -2.46. The zero-order chi connectivity index (χ0) is 29.7. The van der Waals surface area contributed by atoms with Gasteiger partial charge in [0.2, 0.25) is 5.91 Å². The smallest absolute Gasteiger partial charge is 0.241 e. The summed E-state index contributed by atoms with van der Waals surface area (Å²) in [6, 6.07) is 20.8. The topological polar surface area (TPSA) is 113 Å². The average Bonchev–Trinajstić information content (AvgIpc) is 3.47. The van der Waals surface area contributed by atoms with Crippen LogP contribution < -0.4 is 5.73 Å². The van der Waals surface area contributed by atoms with Crippen LogP contribution in [0.3, 0.4) is 0 Å². The molecule has 2 heterocycles. The number of amides is 1. The molecule has 1 amide bonds. The molecule has 3 N–H and O–H groups in total. The number of carbonyl (C=O) groups is 1. The van der Waals surface area contributed by atoms with E-state index in [-0.39, 0.29) is 6.54 Å². The molecule has 1 aliphatic carbocycles. The number of nitrogens with two attached hydrogens (primary N) is 1. The van der Waals surface area contributed by atoms with Crippen molar-refractivity contribution in [2.45, 2.75) is 56.2 Å². The van der Waals surface area contributed by atoms with Crippen LogP contribution in [0.2, 0.25) is 0 Å². The van der Waals surface area contributed by atoms with Crippen LogP contribution in [-0.4, -0.2) is 81.0 Å². The van der Waals surface area contributed by atoms with Gasteiger partial charge in [0.05, 0.1) is 10.8 Å². The molecule has 222 valence electrons. The van der Waals surface area contributed by atoms with Crippen LogP contribution in [0.1, 0.15) is 49.6 Å². The minimum absolute atomic E-state index is 0.0946. The van der Waals surface area contributed by atoms with Crippen molar-refractivity contribution in [3.05, 3.63) is 101 Å². The largest absolute Gasteiger partial charge is 0.377 e. The third-order valence-corrected chi connectivity index (χ3v) is 9.04. The molecule has 2 aromatic carbocycles. The number of primary amides is 1. The van der Waals surface area contributed by atoms with Crippen LogP contribution in [0.5, 0.6) is 0 Å². The minimum atomic E-state index is -0.696. The van der Waals surface area contributed by atoms with Gasteiger partial charge in [-0.1, -0.05) is 85.8 Å². The molecule has 9 heteroatoms. The Labute approximate surface area is 248 Å². The summed E-state index contributed by atoms with van der Waals surface area (Å²) in [6.45, 7) is 4.65. The van der Waals surface area contributed by atoms with Gasteiger partial charge in [0.1, 0.15) is 12.8 Å². The maximum atomic E-state index is 11.9. The van der Waals surface area contributed by atoms with E-state index >= 15 is 0 Å². The SMILES string of the molecule is CC1C=C(C(CCN2CCC(c3ccccc3)(c3nnn(CC(N)=O)n3)CC2)(c2ccccc2)C(O)N(C)C)C=CC1. The summed E-state index contributed by atoms with van der Waals surface area (Å²) >= 11 is 0. The fraction of sp³-hybridized carbons (Fsp3) is 0.455. The first-order valence-electron chi connectivity index (χ1n) is 14.9. The van der Waals surface area contributed by atoms with Crippen molar-refractivity contribution in [3.8, 4) is 0 Å². The Morgan fingerprint density at radius 1 is 1.12 bits per heavy atom. The van der Waals surface area contributed by atoms with E-state index in [2.05, 4.69) is 81.9 Å². The molecule has 0 saturated carbocycles. The van der Waals surface area contributed by atoms with E-state index < -0.39 is 23.0 Å². The lowest BCUT2D eigenvalue weighted by atomic mass is 9.67. The number of likely N-dealkylation sites (tertiary alicyclic amines) is 1. The molecule has 42 heavy (non-hydrogen) atoms. The van der Waals surface area contributed by atoms with Gasteiger partial charge in [-0.15, -0.1) is 10.2 Å². The number of benzene rings is 2. The predicted molar refractivity (Wildman–Crippen MR) is 163 cm³/mol. The predicted octanol–water partition coefficient (Wildman–Crippen LogP) is 3.27. The van der Waals surface area contributed by atoms with E-state index in [1.807, 2.05) is 43.3 Å². The number of nitrogens with zero attached hydrogens (tertiary/aromatic N) is 6. The highest BCUT2D eigenvalue weighted by atomic mass is 16.3. The third kappa shape index (κ3) is 5.95. The number of aromatic nitrogens is 4. The van der Waals surface area contributed by atoms with Gasteiger partial charge in [-0.3, -0.25) is 9.69 Å². The normalized spacial score (nSPS) is 21.1. The standard InChI is InChI=1S/C33H43N7O2/c1-25-11-10-16-28(23-25)33(31(42)38(2)3,27-14-8-5-9-15-27)19-22-39-20-17-32(18-21-39,26-12-6-4-7-13-26)30-35-37-40(36-30)24-29(34)41/h4-10,12-16,23,25,31,42H,11,17-22,24H2,1-3H3,(H2,34,41). The Balaban J connectivity index is 1.42. The van der Waals surface area contributed by atoms with Crippen LogP contribution in [0.15, 0.2) is 84.5 Å². The Bertz CT molecular complexity index is 1390. The summed E-state index contributed by atoms with van der Waals surface area (Å²) in [6.07, 6.45) is 9.52. The Hall–Kier alpha value is -3.66. The molecule has 0 radical (unpaired) electrons. The van der Waals surface area contributed by atoms with Crippen molar-refractivity contribution in [2.24, 2.45) is 11.7 Å². The van der Waals surface area contributed by atoms with Gasteiger partial charge in [-0.05, 0) is 87.2 Å². The summed E-state index contributed by atoms with van der Waals surface area (Å²) in [5.41, 5.74) is 7.85. The minimum Gasteiger partial charge on any atom is -0.377 e. The van der Waals surface area contributed by atoms with Gasteiger partial charge < -0.3 is 15.7 Å². The van der Waals surface area contributed by atoms with Crippen molar-refractivity contribution in [1.82, 2.24) is 30.0 Å². The fourth-order valence-corrected chi connectivity index (χ4v) is 6.73. The molecule has 1 aromatic heterocycles. The molecular formula is C33H43N7O2. The molecule has 3 atom stereocenters. The summed E-state index contributed by atoms with van der Waals surface area (Å²) in [5.74, 6) is 0.545. The molecule has 9 nitrogen and oxygen atoms in total. The maximum absolute atomic E-state index is 11.9. The van der Waals surface area contributed by atoms with E-state index in [0.717, 1.165) is 56.4 Å². The van der Waals surface area contributed by atoms with Crippen molar-refractivity contribution in [1.29, 1.82) is 0 Å². The van der Waals surface area contributed by atoms with Crippen LogP contribution in [0.4, 0.5) is 0 Å². The number of allylic oxidation sites excluding steroid dienone is 3. The average molecular weight is 570 g/mol. The highest BCUT2D eigenvalue weighted by Crippen LogP contribution is 2.44. The van der Waals surface area contributed by atoms with Crippen molar-refractivity contribution in [3.63, 3.8) is 0 Å². The van der Waals surface area contributed by atoms with Gasteiger partial charge in [0.15, 0.2) is 5.82 Å². The van der Waals surface area contributed by atoms with Crippen molar-refractivity contribution < 1.29 is 9.90 Å². The molecule has 3 aromatic rings. The quantitative estimate of drug-likeness (QED) is 0.341. The van der Waals surface area contributed by atoms with E-state index in [1.165, 1.54) is 10.4 Å². The lowest BCUT2D eigenvalue weighted by molar-refractivity contribution is -0.119. The molecule has 0 bridgehead atoms. The zero-order valence-electron chi connectivity index (χ0n) is 24.9. The maximum Gasteiger partial charge on any atom is 0.241 e. The Morgan fingerprint density at radius 2 is 1.79 bits per heavy atom. The van der Waals surface area contributed by atoms with Gasteiger partial charge in [-0.2, -0.15) is 4.80 Å². The lowest BCUT2D eigenvalue weighted by Crippen LogP contribution is -2.52. The number of tetrazole rings is 1. The highest BCUT2D eigenvalue weighted by molar-refractivity contribution is 5.73. The Morgan fingerprint density at radius 3 is 2.40 bits per heavy atom. The summed E-state index contributed by atoms with van der Waals surface area (Å²) in [5, 5.41) is 25.0. The number of rotatable bonds is 11. The first-order valence-corrected chi connectivity index (χ1v) is 14.9. The van der Waals surface area contributed by atoms with Gasteiger partial charge in [0, 0.05) is 0 Å². The van der Waals surface area contributed by atoms with E-state index in [0.29, 0.717) is 11.7 Å². The molecule has 5 rings (SSSR count). The second kappa shape index (κ2) is 12.7. The zero-order valence-corrected chi connectivity index (χ0v) is 24.9. The number of aliphatic hydroxyl groups is 1. The number of aliphatic hydroxyl groups excluding tert-OH is 1. The monoisotopic (exact) mass is 569 g/mol. The number of piperidine rings is 1. The van der Waals surface area contributed by atoms with Crippen molar-refractivity contribution >= 4 is 5.91 Å². The summed E-state index contributed by atoms with van der Waals surface area (Å²) in [4.78, 5) is 17.2. The second-order valence-corrected chi connectivity index (χ2v) is 12.1. The summed E-state index contributed by atoms with van der Waals surface area (Å²) in [7, 11) is 3.90. The number of hydrogen-bond donors (Lipinski definition) is 2. The second-order valence-electron chi connectivity index (χ2n) is 12.1. The molecular weight excluding hydrogens is 526 g/mol. The van der Waals surface area contributed by atoms with Crippen LogP contribution in [-0.2, 0) is 22.2 Å². The van der Waals surface area contributed by atoms with Gasteiger partial charge >= 0.3 is 0 Å².